The van der Waals surface area contributed by atoms with E-state index < -0.39 is 17.9 Å². The SMILES string of the molecule is CCCC(CC(=O)O)C(=O)O. The van der Waals surface area contributed by atoms with Crippen molar-refractivity contribution in [3.05, 3.63) is 0 Å². The summed E-state index contributed by atoms with van der Waals surface area (Å²) >= 11 is 0. The number of aliphatic carboxylic acids is 2. The van der Waals surface area contributed by atoms with E-state index in [2.05, 4.69) is 0 Å². The van der Waals surface area contributed by atoms with Crippen LogP contribution in [0.4, 0.5) is 0 Å². The molecule has 0 aromatic heterocycles. The molecule has 1 unspecified atom stereocenters. The van der Waals surface area contributed by atoms with Crippen LogP contribution in [0, 0.1) is 5.92 Å². The molecule has 0 saturated carbocycles. The summed E-state index contributed by atoms with van der Waals surface area (Å²) in [5.41, 5.74) is 0. The molecule has 0 spiro atoms. The fourth-order valence-corrected chi connectivity index (χ4v) is 0.872. The second-order valence-electron chi connectivity index (χ2n) is 2.42. The molecule has 0 aliphatic rings. The van der Waals surface area contributed by atoms with E-state index in [9.17, 15) is 9.59 Å². The Morgan fingerprint density at radius 2 is 1.91 bits per heavy atom. The molecule has 0 bridgehead atoms. The first-order valence-corrected chi connectivity index (χ1v) is 3.52. The average Bonchev–Trinajstić information content (AvgIpc) is 1.86. The van der Waals surface area contributed by atoms with Crippen molar-refractivity contribution in [1.82, 2.24) is 0 Å². The van der Waals surface area contributed by atoms with Crippen molar-refractivity contribution in [3.8, 4) is 0 Å². The zero-order chi connectivity index (χ0) is 8.85. The van der Waals surface area contributed by atoms with Crippen molar-refractivity contribution in [1.29, 1.82) is 0 Å². The Morgan fingerprint density at radius 3 is 2.18 bits per heavy atom. The van der Waals surface area contributed by atoms with E-state index in [1.165, 1.54) is 0 Å². The molecular formula is C7H12O4. The van der Waals surface area contributed by atoms with Gasteiger partial charge in [0.05, 0.1) is 12.3 Å². The Kier molecular flexibility index (Phi) is 4.26. The molecule has 0 aliphatic heterocycles. The van der Waals surface area contributed by atoms with Crippen molar-refractivity contribution < 1.29 is 19.8 Å². The lowest BCUT2D eigenvalue weighted by atomic mass is 10.0. The summed E-state index contributed by atoms with van der Waals surface area (Å²) in [7, 11) is 0. The highest BCUT2D eigenvalue weighted by atomic mass is 16.4. The van der Waals surface area contributed by atoms with E-state index in [1.807, 2.05) is 6.92 Å². The van der Waals surface area contributed by atoms with E-state index in [0.717, 1.165) is 0 Å². The lowest BCUT2D eigenvalue weighted by Crippen LogP contribution is -2.17. The molecule has 0 saturated heterocycles. The van der Waals surface area contributed by atoms with Gasteiger partial charge >= 0.3 is 11.9 Å². The molecular weight excluding hydrogens is 148 g/mol. The van der Waals surface area contributed by atoms with Crippen LogP contribution in [0.25, 0.3) is 0 Å². The lowest BCUT2D eigenvalue weighted by Gasteiger charge is -2.06. The number of carboxylic acids is 2. The van der Waals surface area contributed by atoms with Crippen LogP contribution < -0.4 is 0 Å². The highest BCUT2D eigenvalue weighted by Crippen LogP contribution is 2.10. The molecule has 0 rings (SSSR count). The maximum Gasteiger partial charge on any atom is 0.307 e. The maximum atomic E-state index is 10.4. The Bertz CT molecular complexity index is 153. The summed E-state index contributed by atoms with van der Waals surface area (Å²) in [5.74, 6) is -2.79. The number of carboxylic acid groups (broad SMARTS) is 2. The Morgan fingerprint density at radius 1 is 1.36 bits per heavy atom. The molecule has 0 amide bonds. The van der Waals surface area contributed by atoms with Gasteiger partial charge in [-0.1, -0.05) is 13.3 Å². The summed E-state index contributed by atoms with van der Waals surface area (Å²) in [6, 6.07) is 0. The number of rotatable bonds is 5. The van der Waals surface area contributed by atoms with Gasteiger partial charge in [0.1, 0.15) is 0 Å². The molecule has 1 atom stereocenters. The van der Waals surface area contributed by atoms with Gasteiger partial charge < -0.3 is 10.2 Å². The van der Waals surface area contributed by atoms with E-state index in [1.54, 1.807) is 0 Å². The summed E-state index contributed by atoms with van der Waals surface area (Å²) < 4.78 is 0. The van der Waals surface area contributed by atoms with Crippen LogP contribution in [-0.2, 0) is 9.59 Å². The Hall–Kier alpha value is -1.06. The minimum atomic E-state index is -1.05. The number of hydrogen-bond donors (Lipinski definition) is 2. The van der Waals surface area contributed by atoms with Crippen molar-refractivity contribution in [2.24, 2.45) is 5.92 Å². The quantitative estimate of drug-likeness (QED) is 0.628. The van der Waals surface area contributed by atoms with Crippen molar-refractivity contribution in [2.45, 2.75) is 26.2 Å². The van der Waals surface area contributed by atoms with Crippen LogP contribution in [0.15, 0.2) is 0 Å². The zero-order valence-corrected chi connectivity index (χ0v) is 6.41. The third-order valence-corrected chi connectivity index (χ3v) is 1.41. The Balaban J connectivity index is 3.89. The summed E-state index contributed by atoms with van der Waals surface area (Å²) in [6.07, 6.45) is 0.856. The molecule has 0 heterocycles. The molecule has 4 nitrogen and oxygen atoms in total. The standard InChI is InChI=1S/C7H12O4/c1-2-3-5(7(10)11)4-6(8)9/h5H,2-4H2,1H3,(H,8,9)(H,10,11). The van der Waals surface area contributed by atoms with Gasteiger partial charge in [-0.3, -0.25) is 9.59 Å². The predicted octanol–water partition coefficient (Wildman–Crippen LogP) is 0.962. The highest BCUT2D eigenvalue weighted by molar-refractivity contribution is 5.77. The topological polar surface area (TPSA) is 74.6 Å². The van der Waals surface area contributed by atoms with Gasteiger partial charge in [-0.2, -0.15) is 0 Å². The van der Waals surface area contributed by atoms with Crippen LogP contribution in [0.1, 0.15) is 26.2 Å². The predicted molar refractivity (Wildman–Crippen MR) is 38.3 cm³/mol. The number of hydrogen-bond acceptors (Lipinski definition) is 2. The van der Waals surface area contributed by atoms with E-state index >= 15 is 0 Å². The fourth-order valence-electron chi connectivity index (χ4n) is 0.872. The first-order valence-electron chi connectivity index (χ1n) is 3.52. The van der Waals surface area contributed by atoms with Gasteiger partial charge in [0.2, 0.25) is 0 Å². The molecule has 0 aromatic carbocycles. The number of carbonyl (C=O) groups is 2. The van der Waals surface area contributed by atoms with Crippen LogP contribution in [-0.4, -0.2) is 22.2 Å². The zero-order valence-electron chi connectivity index (χ0n) is 6.41. The smallest absolute Gasteiger partial charge is 0.307 e. The summed E-state index contributed by atoms with van der Waals surface area (Å²) in [5, 5.41) is 16.8. The maximum absolute atomic E-state index is 10.4. The molecule has 64 valence electrons. The van der Waals surface area contributed by atoms with Gasteiger partial charge in [0, 0.05) is 0 Å². The normalized spacial score (nSPS) is 12.5. The van der Waals surface area contributed by atoms with Crippen molar-refractivity contribution in [2.75, 3.05) is 0 Å². The van der Waals surface area contributed by atoms with Crippen LogP contribution in [0.5, 0.6) is 0 Å². The molecule has 0 fully saturated rings. The van der Waals surface area contributed by atoms with Gasteiger partial charge in [0.25, 0.3) is 0 Å². The molecule has 2 N–H and O–H groups in total. The summed E-state index contributed by atoms with van der Waals surface area (Å²) in [4.78, 5) is 20.5. The van der Waals surface area contributed by atoms with Crippen LogP contribution in [0.2, 0.25) is 0 Å². The molecule has 0 aromatic rings. The highest BCUT2D eigenvalue weighted by Gasteiger charge is 2.19. The van der Waals surface area contributed by atoms with Crippen LogP contribution in [0.3, 0.4) is 0 Å². The largest absolute Gasteiger partial charge is 0.481 e. The van der Waals surface area contributed by atoms with Gasteiger partial charge in [-0.25, -0.2) is 0 Å². The third-order valence-electron chi connectivity index (χ3n) is 1.41. The van der Waals surface area contributed by atoms with E-state index in [-0.39, 0.29) is 6.42 Å². The minimum Gasteiger partial charge on any atom is -0.481 e. The van der Waals surface area contributed by atoms with Crippen molar-refractivity contribution in [3.63, 3.8) is 0 Å². The second-order valence-corrected chi connectivity index (χ2v) is 2.42. The van der Waals surface area contributed by atoms with Crippen LogP contribution >= 0.6 is 0 Å². The first kappa shape index (κ1) is 9.94. The van der Waals surface area contributed by atoms with Gasteiger partial charge in [-0.15, -0.1) is 0 Å². The van der Waals surface area contributed by atoms with Gasteiger partial charge in [0.15, 0.2) is 0 Å². The molecule has 0 aliphatic carbocycles. The monoisotopic (exact) mass is 160 g/mol. The molecule has 0 radical (unpaired) electrons. The summed E-state index contributed by atoms with van der Waals surface area (Å²) in [6.45, 7) is 1.83. The van der Waals surface area contributed by atoms with E-state index in [0.29, 0.717) is 12.8 Å². The average molecular weight is 160 g/mol. The van der Waals surface area contributed by atoms with Crippen molar-refractivity contribution >= 4 is 11.9 Å². The fraction of sp³-hybridized carbons (Fsp3) is 0.714. The van der Waals surface area contributed by atoms with Gasteiger partial charge in [-0.05, 0) is 6.42 Å². The Labute approximate surface area is 64.8 Å². The van der Waals surface area contributed by atoms with E-state index in [4.69, 9.17) is 10.2 Å². The minimum absolute atomic E-state index is 0.275. The molecule has 11 heavy (non-hydrogen) atoms. The third kappa shape index (κ3) is 4.36. The first-order chi connectivity index (χ1) is 5.07. The lowest BCUT2D eigenvalue weighted by molar-refractivity contribution is -0.148. The molecule has 4 heteroatoms. The second kappa shape index (κ2) is 4.71.